The molecule has 630 valence electrons. The fourth-order valence-corrected chi connectivity index (χ4v) is 14.3. The van der Waals surface area contributed by atoms with E-state index in [1.165, 1.54) is 300 Å². The van der Waals surface area contributed by atoms with Crippen LogP contribution in [0.1, 0.15) is 517 Å². The Morgan fingerprint density at radius 3 is 0.352 bits per heavy atom. The molecule has 0 radical (unpaired) electrons. The molecule has 0 nitrogen and oxygen atoms in total. The molecule has 0 aromatic carbocycles. The minimum Gasteiger partial charge on any atom is -0.0890 e. The van der Waals surface area contributed by atoms with Gasteiger partial charge < -0.3 is 0 Å². The number of rotatable bonds is 60. The van der Waals surface area contributed by atoms with Gasteiger partial charge in [-0.2, -0.15) is 0 Å². The lowest BCUT2D eigenvalue weighted by Crippen LogP contribution is -2.02. The van der Waals surface area contributed by atoms with Crippen molar-refractivity contribution < 1.29 is 0 Å². The molecule has 0 heteroatoms. The lowest BCUT2D eigenvalue weighted by Gasteiger charge is -2.17. The van der Waals surface area contributed by atoms with E-state index in [0.717, 1.165) is 88.8 Å². The summed E-state index contributed by atoms with van der Waals surface area (Å²) in [4.78, 5) is 0. The summed E-state index contributed by atoms with van der Waals surface area (Å²) < 4.78 is 0. The molecule has 0 aliphatic rings. The Bertz CT molecular complexity index is 1910. The molecule has 0 bridgehead atoms. The molecule has 0 saturated carbocycles. The van der Waals surface area contributed by atoms with E-state index >= 15 is 0 Å². The Morgan fingerprint density at radius 2 is 0.248 bits per heavy atom. The summed E-state index contributed by atoms with van der Waals surface area (Å²) in [6, 6.07) is 0. The highest BCUT2D eigenvalue weighted by atomic mass is 14.2. The second-order valence-corrected chi connectivity index (χ2v) is 38.8. The summed E-state index contributed by atoms with van der Waals surface area (Å²) >= 11 is 0. The van der Waals surface area contributed by atoms with E-state index in [1.54, 1.807) is 22.3 Å². The van der Waals surface area contributed by atoms with Crippen LogP contribution in [-0.2, 0) is 0 Å². The van der Waals surface area contributed by atoms with Crippen LogP contribution in [0.3, 0.4) is 0 Å². The van der Waals surface area contributed by atoms with Gasteiger partial charge in [-0.25, -0.2) is 0 Å². The summed E-state index contributed by atoms with van der Waals surface area (Å²) in [7, 11) is 0. The second kappa shape index (κ2) is 83.4. The lowest BCUT2D eigenvalue weighted by atomic mass is 9.89. The summed E-state index contributed by atoms with van der Waals surface area (Å²) in [6.07, 6.45) is 76.7. The van der Waals surface area contributed by atoms with Crippen molar-refractivity contribution in [3.8, 4) is 0 Å². The van der Waals surface area contributed by atoms with Gasteiger partial charge in [0.25, 0.3) is 0 Å². The number of allylic oxidation sites excluding steroid dienone is 12. The third kappa shape index (κ3) is 102. The van der Waals surface area contributed by atoms with E-state index in [2.05, 4.69) is 258 Å². The molecule has 0 rings (SSSR count). The first-order valence-corrected chi connectivity index (χ1v) is 47.2. The zero-order chi connectivity index (χ0) is 81.2. The Balaban J connectivity index is -0.000000297. The fraction of sp³-hybridized carbons (Fsp3) is 0.886. The van der Waals surface area contributed by atoms with Gasteiger partial charge in [0.15, 0.2) is 0 Å². The molecule has 10 atom stereocenters. The van der Waals surface area contributed by atoms with Gasteiger partial charge >= 0.3 is 0 Å². The maximum atomic E-state index is 2.49. The Kier molecular flexibility index (Phi) is 90.8. The summed E-state index contributed by atoms with van der Waals surface area (Å²) in [6.45, 7) is 76.0. The fourth-order valence-electron chi connectivity index (χ4n) is 14.3. The van der Waals surface area contributed by atoms with E-state index in [0.29, 0.717) is 0 Å². The van der Waals surface area contributed by atoms with Crippen molar-refractivity contribution >= 4 is 0 Å². The number of hydrogen-bond acceptors (Lipinski definition) is 0. The first-order chi connectivity index (χ1) is 49.5. The minimum atomic E-state index is 0.865. The monoisotopic (exact) mass is 1470 g/mol. The van der Waals surface area contributed by atoms with Crippen molar-refractivity contribution in [2.75, 3.05) is 0 Å². The molecule has 0 aromatic rings. The van der Waals surface area contributed by atoms with Gasteiger partial charge in [-0.1, -0.05) is 433 Å². The topological polar surface area (TPSA) is 0 Å². The van der Waals surface area contributed by atoms with Gasteiger partial charge in [0.2, 0.25) is 0 Å². The molecule has 10 unspecified atom stereocenters. The van der Waals surface area contributed by atoms with Crippen molar-refractivity contribution in [3.05, 3.63) is 69.9 Å². The zero-order valence-electron chi connectivity index (χ0n) is 79.9. The predicted octanol–water partition coefficient (Wildman–Crippen LogP) is 38.9. The SMILES string of the molecule is C/C=C(\C)CCCC(C)C.C/C=C(\C)CCCC(C)CCCC(C)C.C/C=C(\C)CCCC(C)CCCC(C)CCCC(C)C.C/C=C(\C)CCCC(C)CCCC(C)CCCC(C)CCCC(C)C.C/C=C(\C)CCCC(C)CCCC(C)CCCC(C)CCCC(C)CCCC(C)C.CC=C(C)C. The van der Waals surface area contributed by atoms with Crippen molar-refractivity contribution in [1.82, 2.24) is 0 Å². The predicted molar refractivity (Wildman–Crippen MR) is 496 cm³/mol. The highest BCUT2D eigenvalue weighted by molar-refractivity contribution is 4.97. The molecule has 105 heavy (non-hydrogen) atoms. The summed E-state index contributed by atoms with van der Waals surface area (Å²) in [5.74, 6) is 13.6. The third-order valence-corrected chi connectivity index (χ3v) is 23.7. The average Bonchev–Trinajstić information content (AvgIpc) is 1.67. The van der Waals surface area contributed by atoms with Crippen LogP contribution >= 0.6 is 0 Å². The van der Waals surface area contributed by atoms with E-state index in [-0.39, 0.29) is 0 Å². The molecule has 0 fully saturated rings. The highest BCUT2D eigenvalue weighted by Gasteiger charge is 2.13. The van der Waals surface area contributed by atoms with E-state index < -0.39 is 0 Å². The molecule has 0 spiro atoms. The first kappa shape index (κ1) is 114. The Labute approximate surface area is 672 Å². The largest absolute Gasteiger partial charge is 0.0890 e. The molecule has 0 N–H and O–H groups in total. The van der Waals surface area contributed by atoms with Gasteiger partial charge in [0.1, 0.15) is 0 Å². The molecule has 0 aliphatic carbocycles. The molecule has 0 aromatic heterocycles. The van der Waals surface area contributed by atoms with Crippen LogP contribution in [0.2, 0.25) is 0 Å². The standard InChI is InChI=1S/C30H60.C25H50.C20H40.C15H30.C10H20.C5H10/c1-9-26(4)16-11-18-28(6)20-13-22-30(8)24-14-23-29(7)21-12-19-27(5)17-10-15-25(2)3;1-8-22(4)14-10-16-24(6)18-12-20-25(7)19-11-17-23(5)15-9-13-21(2)3;1-7-18(4)12-9-14-20(6)16-10-15-19(5)13-8-11-17(2)3;1-6-14(4)10-8-12-15(5)11-7-9-13(2)3;1-5-10(4)8-6-7-9(2)3;1-4-5(2)3/h9,25,27-30H,10-24H2,1-8H3;8,21,23-25H,9-20H2,1-7H3;7,17,19-20H,8-16H2,1-6H3;6,13,15H,7-12H2,1-5H3;5,9H,6-8H2,1-4H3;4H,1-3H3/b26-9+;22-8+;18-7+;14-6+;10-5+;. The maximum Gasteiger partial charge on any atom is -0.0323 e. The van der Waals surface area contributed by atoms with Crippen molar-refractivity contribution in [2.45, 2.75) is 517 Å². The highest BCUT2D eigenvalue weighted by Crippen LogP contribution is 2.29. The van der Waals surface area contributed by atoms with E-state index in [9.17, 15) is 0 Å². The first-order valence-electron chi connectivity index (χ1n) is 47.2. The van der Waals surface area contributed by atoms with Crippen LogP contribution in [0.25, 0.3) is 0 Å². The van der Waals surface area contributed by atoms with Crippen LogP contribution in [0, 0.1) is 88.8 Å². The van der Waals surface area contributed by atoms with Crippen LogP contribution < -0.4 is 0 Å². The maximum absolute atomic E-state index is 2.49. The molecule has 0 saturated heterocycles. The van der Waals surface area contributed by atoms with Gasteiger partial charge in [-0.3, -0.25) is 0 Å². The molecule has 0 heterocycles. The van der Waals surface area contributed by atoms with Gasteiger partial charge in [-0.05, 0) is 243 Å². The second-order valence-electron chi connectivity index (χ2n) is 38.8. The van der Waals surface area contributed by atoms with E-state index in [1.807, 2.05) is 6.92 Å². The van der Waals surface area contributed by atoms with Crippen molar-refractivity contribution in [3.63, 3.8) is 0 Å². The van der Waals surface area contributed by atoms with Gasteiger partial charge in [-0.15, -0.1) is 0 Å². The van der Waals surface area contributed by atoms with Crippen LogP contribution in [0.15, 0.2) is 69.9 Å². The number of hydrogen-bond donors (Lipinski definition) is 0. The molecule has 0 amide bonds. The normalized spacial score (nSPS) is 15.2. The Hall–Kier alpha value is -1.56. The molecular weight excluding hydrogens is 1260 g/mol. The average molecular weight is 1470 g/mol. The smallest absolute Gasteiger partial charge is 0.0323 e. The summed E-state index contributed by atoms with van der Waals surface area (Å²) in [5, 5.41) is 0. The quantitative estimate of drug-likeness (QED) is 0.0533. The van der Waals surface area contributed by atoms with Crippen molar-refractivity contribution in [2.24, 2.45) is 88.8 Å². The van der Waals surface area contributed by atoms with Crippen LogP contribution in [0.4, 0.5) is 0 Å². The third-order valence-electron chi connectivity index (χ3n) is 23.7. The minimum absolute atomic E-state index is 0.865. The molecular formula is C105H210. The van der Waals surface area contributed by atoms with Crippen molar-refractivity contribution in [1.29, 1.82) is 0 Å². The van der Waals surface area contributed by atoms with E-state index in [4.69, 9.17) is 0 Å². The van der Waals surface area contributed by atoms with Crippen LogP contribution in [-0.4, -0.2) is 0 Å². The van der Waals surface area contributed by atoms with Crippen LogP contribution in [0.5, 0.6) is 0 Å². The zero-order valence-corrected chi connectivity index (χ0v) is 79.9. The lowest BCUT2D eigenvalue weighted by molar-refractivity contribution is 0.364. The Morgan fingerprint density at radius 1 is 0.152 bits per heavy atom. The van der Waals surface area contributed by atoms with Gasteiger partial charge in [0.05, 0.1) is 0 Å². The van der Waals surface area contributed by atoms with Gasteiger partial charge in [0, 0.05) is 0 Å². The molecule has 0 aliphatic heterocycles. The summed E-state index contributed by atoms with van der Waals surface area (Å²) in [5.41, 5.74) is 9.12.